The minimum Gasteiger partial charge on any atom is -0.469 e. The largest absolute Gasteiger partial charge is 0.469 e. The van der Waals surface area contributed by atoms with E-state index in [2.05, 4.69) is 4.74 Å². The summed E-state index contributed by atoms with van der Waals surface area (Å²) in [7, 11) is 1.23. The van der Waals surface area contributed by atoms with E-state index in [9.17, 15) is 19.8 Å². The number of rotatable bonds is 6. The zero-order chi connectivity index (χ0) is 15.1. The molecule has 0 aliphatic carbocycles. The number of carbonyl (C=O) groups is 2. The number of ether oxygens (including phenoxy) is 2. The second-order valence-corrected chi connectivity index (χ2v) is 4.92. The molecule has 1 aliphatic heterocycles. The summed E-state index contributed by atoms with van der Waals surface area (Å²) in [5.41, 5.74) is 0. The van der Waals surface area contributed by atoms with Gasteiger partial charge < -0.3 is 19.7 Å². The Balaban J connectivity index is 2.58. The average molecular weight is 289 g/mol. The van der Waals surface area contributed by atoms with E-state index in [1.54, 1.807) is 0 Å². The Labute approximate surface area is 118 Å². The third kappa shape index (κ3) is 4.64. The van der Waals surface area contributed by atoms with Gasteiger partial charge in [-0.15, -0.1) is 0 Å². The van der Waals surface area contributed by atoms with E-state index in [4.69, 9.17) is 4.74 Å². The van der Waals surface area contributed by atoms with Gasteiger partial charge in [0.15, 0.2) is 0 Å². The van der Waals surface area contributed by atoms with Gasteiger partial charge in [-0.2, -0.15) is 0 Å². The molecule has 0 aromatic carbocycles. The molecule has 1 heterocycles. The highest BCUT2D eigenvalue weighted by atomic mass is 16.6. The lowest BCUT2D eigenvalue weighted by Crippen LogP contribution is -2.44. The fraction of sp³-hybridized carbons (Fsp3) is 0.846. The number of unbranched alkanes of at least 4 members (excludes halogenated alkanes) is 1. The van der Waals surface area contributed by atoms with Gasteiger partial charge in [-0.25, -0.2) is 4.79 Å². The smallest absolute Gasteiger partial charge is 0.410 e. The molecular formula is C13H23NO6. The van der Waals surface area contributed by atoms with Gasteiger partial charge in [0, 0.05) is 0 Å². The van der Waals surface area contributed by atoms with Crippen molar-refractivity contribution in [1.29, 1.82) is 0 Å². The first-order valence-corrected chi connectivity index (χ1v) is 6.85. The van der Waals surface area contributed by atoms with E-state index >= 15 is 0 Å². The van der Waals surface area contributed by atoms with Crippen LogP contribution in [0.4, 0.5) is 4.79 Å². The van der Waals surface area contributed by atoms with Crippen LogP contribution in [-0.4, -0.2) is 65.7 Å². The maximum absolute atomic E-state index is 11.9. The quantitative estimate of drug-likeness (QED) is 0.538. The highest BCUT2D eigenvalue weighted by Crippen LogP contribution is 2.23. The fourth-order valence-corrected chi connectivity index (χ4v) is 2.19. The molecule has 7 heteroatoms. The van der Waals surface area contributed by atoms with Crippen LogP contribution in [-0.2, 0) is 14.3 Å². The predicted molar refractivity (Wildman–Crippen MR) is 70.0 cm³/mol. The maximum atomic E-state index is 11.9. The number of hydrogen-bond donors (Lipinski definition) is 2. The molecule has 2 N–H and O–H groups in total. The lowest BCUT2D eigenvalue weighted by molar-refractivity contribution is -0.143. The lowest BCUT2D eigenvalue weighted by atomic mass is 10.1. The molecule has 0 aromatic heterocycles. The number of methoxy groups -OCH3 is 1. The molecule has 1 amide bonds. The average Bonchev–Trinajstić information content (AvgIpc) is 2.81. The molecule has 116 valence electrons. The van der Waals surface area contributed by atoms with Gasteiger partial charge in [-0.1, -0.05) is 13.3 Å². The van der Waals surface area contributed by atoms with Gasteiger partial charge in [0.2, 0.25) is 0 Å². The molecule has 2 unspecified atom stereocenters. The predicted octanol–water partition coefficient (Wildman–Crippen LogP) is 0.282. The van der Waals surface area contributed by atoms with Crippen LogP contribution in [0.2, 0.25) is 0 Å². The Hall–Kier alpha value is -1.34. The van der Waals surface area contributed by atoms with Crippen LogP contribution in [0.15, 0.2) is 0 Å². The minimum atomic E-state index is -1.07. The summed E-state index contributed by atoms with van der Waals surface area (Å²) in [6, 6.07) is -0.627. The number of aliphatic hydroxyl groups is 2. The third-order valence-electron chi connectivity index (χ3n) is 3.33. The van der Waals surface area contributed by atoms with Crippen molar-refractivity contribution >= 4 is 12.1 Å². The lowest BCUT2D eigenvalue weighted by Gasteiger charge is -2.27. The number of β-amino-alcohol motifs (C(OH)–C–C–N with tert-alkyl or cyclic N) is 1. The van der Waals surface area contributed by atoms with Gasteiger partial charge in [0.1, 0.15) is 0 Å². The number of nitrogens with zero attached hydrogens (tertiary/aromatic N) is 1. The first-order valence-electron chi connectivity index (χ1n) is 6.85. The van der Waals surface area contributed by atoms with Crippen LogP contribution in [0.1, 0.15) is 32.6 Å². The first-order chi connectivity index (χ1) is 9.49. The number of amides is 1. The van der Waals surface area contributed by atoms with Crippen LogP contribution in [0.25, 0.3) is 0 Å². The fourth-order valence-electron chi connectivity index (χ4n) is 2.19. The second-order valence-electron chi connectivity index (χ2n) is 4.92. The van der Waals surface area contributed by atoms with Crippen molar-refractivity contribution in [1.82, 2.24) is 4.90 Å². The monoisotopic (exact) mass is 289 g/mol. The molecule has 1 aliphatic rings. The maximum Gasteiger partial charge on any atom is 0.410 e. The number of likely N-dealkylation sites (tertiary alicyclic amines) is 1. The topological polar surface area (TPSA) is 96.3 Å². The molecule has 0 aromatic rings. The first kappa shape index (κ1) is 16.7. The normalized spacial score (nSPS) is 23.5. The molecule has 1 rings (SSSR count). The zero-order valence-electron chi connectivity index (χ0n) is 11.9. The van der Waals surface area contributed by atoms with Gasteiger partial charge in [0.25, 0.3) is 0 Å². The third-order valence-corrected chi connectivity index (χ3v) is 3.33. The SMILES string of the molecule is CCCCOC(=O)N1CC(O)CC1[C@H](O)CC(=O)OC. The summed E-state index contributed by atoms with van der Waals surface area (Å²) < 4.78 is 9.56. The number of carbonyl (C=O) groups excluding carboxylic acids is 2. The molecule has 1 fully saturated rings. The highest BCUT2D eigenvalue weighted by molar-refractivity contribution is 5.71. The Kier molecular flexibility index (Phi) is 6.74. The highest BCUT2D eigenvalue weighted by Gasteiger charge is 2.40. The van der Waals surface area contributed by atoms with Gasteiger partial charge in [-0.3, -0.25) is 9.69 Å². The second kappa shape index (κ2) is 8.06. The molecule has 0 bridgehead atoms. The van der Waals surface area contributed by atoms with Crippen molar-refractivity contribution < 1.29 is 29.3 Å². The molecular weight excluding hydrogens is 266 g/mol. The van der Waals surface area contributed by atoms with E-state index in [-0.39, 0.29) is 19.4 Å². The van der Waals surface area contributed by atoms with Crippen molar-refractivity contribution in [2.45, 2.75) is 50.9 Å². The standard InChI is InChI=1S/C13H23NO6/c1-3-4-5-20-13(18)14-8-9(15)6-10(14)11(16)7-12(17)19-2/h9-11,15-16H,3-8H2,1-2H3/t9?,10?,11-/m1/s1. The number of aliphatic hydroxyl groups excluding tert-OH is 2. The van der Waals surface area contributed by atoms with E-state index in [0.717, 1.165) is 12.8 Å². The van der Waals surface area contributed by atoms with Crippen molar-refractivity contribution in [3.63, 3.8) is 0 Å². The molecule has 1 saturated heterocycles. The van der Waals surface area contributed by atoms with E-state index < -0.39 is 30.3 Å². The van der Waals surface area contributed by atoms with Crippen LogP contribution >= 0.6 is 0 Å². The molecule has 3 atom stereocenters. The Morgan fingerprint density at radius 2 is 2.15 bits per heavy atom. The number of hydrogen-bond acceptors (Lipinski definition) is 6. The van der Waals surface area contributed by atoms with Crippen LogP contribution in [0, 0.1) is 0 Å². The van der Waals surface area contributed by atoms with Crippen LogP contribution in [0.3, 0.4) is 0 Å². The zero-order valence-corrected chi connectivity index (χ0v) is 11.9. The van der Waals surface area contributed by atoms with Crippen molar-refractivity contribution in [2.24, 2.45) is 0 Å². The van der Waals surface area contributed by atoms with E-state index in [0.29, 0.717) is 6.61 Å². The summed E-state index contributed by atoms with van der Waals surface area (Å²) in [4.78, 5) is 24.4. The summed E-state index contributed by atoms with van der Waals surface area (Å²) in [6.45, 7) is 2.39. The molecule has 0 radical (unpaired) electrons. The molecule has 20 heavy (non-hydrogen) atoms. The number of esters is 1. The van der Waals surface area contributed by atoms with Crippen molar-refractivity contribution in [3.8, 4) is 0 Å². The van der Waals surface area contributed by atoms with Gasteiger partial charge >= 0.3 is 12.1 Å². The van der Waals surface area contributed by atoms with Crippen LogP contribution < -0.4 is 0 Å². The van der Waals surface area contributed by atoms with Gasteiger partial charge in [0.05, 0.1) is 44.9 Å². The Bertz CT molecular complexity index is 335. The van der Waals surface area contributed by atoms with Crippen molar-refractivity contribution in [3.05, 3.63) is 0 Å². The van der Waals surface area contributed by atoms with E-state index in [1.807, 2.05) is 6.92 Å². The summed E-state index contributed by atoms with van der Waals surface area (Å²) in [6.07, 6.45) is -0.677. The van der Waals surface area contributed by atoms with Gasteiger partial charge in [-0.05, 0) is 12.8 Å². The van der Waals surface area contributed by atoms with E-state index in [1.165, 1.54) is 12.0 Å². The Morgan fingerprint density at radius 1 is 1.45 bits per heavy atom. The summed E-state index contributed by atoms with van der Waals surface area (Å²) in [5, 5.41) is 19.7. The minimum absolute atomic E-state index is 0.105. The molecule has 0 spiro atoms. The molecule has 7 nitrogen and oxygen atoms in total. The van der Waals surface area contributed by atoms with Crippen molar-refractivity contribution in [2.75, 3.05) is 20.3 Å². The molecule has 0 saturated carbocycles. The summed E-state index contributed by atoms with van der Waals surface area (Å²) in [5.74, 6) is -0.557. The van der Waals surface area contributed by atoms with Crippen LogP contribution in [0.5, 0.6) is 0 Å². The summed E-state index contributed by atoms with van der Waals surface area (Å²) >= 11 is 0. The Morgan fingerprint density at radius 3 is 2.75 bits per heavy atom.